The van der Waals surface area contributed by atoms with Gasteiger partial charge in [-0.2, -0.15) is 0 Å². The number of carbonyl (C=O) groups excluding carboxylic acids is 2. The predicted octanol–water partition coefficient (Wildman–Crippen LogP) is 1.86. The zero-order valence-corrected chi connectivity index (χ0v) is 13.3. The Hall–Kier alpha value is -3.16. The van der Waals surface area contributed by atoms with Gasteiger partial charge in [-0.3, -0.25) is 10.1 Å². The van der Waals surface area contributed by atoms with Crippen LogP contribution < -0.4 is 15.4 Å². The Balaban J connectivity index is 1.83. The van der Waals surface area contributed by atoms with Crippen molar-refractivity contribution in [1.82, 2.24) is 14.9 Å². The number of nitrogens with one attached hydrogen (secondary N) is 2. The number of para-hydroxylation sites is 1. The number of ether oxygens (including phenoxy) is 1. The Morgan fingerprint density at radius 1 is 1.38 bits per heavy atom. The molecule has 2 aromatic rings. The summed E-state index contributed by atoms with van der Waals surface area (Å²) < 4.78 is 5.01. The molecule has 0 saturated carbocycles. The number of fused-ring (bicyclic) bond motifs is 1. The molecule has 1 atom stereocenters. The molecule has 0 aliphatic carbocycles. The van der Waals surface area contributed by atoms with Crippen molar-refractivity contribution in [3.05, 3.63) is 42.2 Å². The van der Waals surface area contributed by atoms with Crippen molar-refractivity contribution < 1.29 is 14.3 Å². The molecular weight excluding hydrogens is 310 g/mol. The summed E-state index contributed by atoms with van der Waals surface area (Å²) in [5, 5.41) is 5.50. The fourth-order valence-corrected chi connectivity index (χ4v) is 2.43. The van der Waals surface area contributed by atoms with Gasteiger partial charge in [-0.25, -0.2) is 14.8 Å². The van der Waals surface area contributed by atoms with Gasteiger partial charge in [0.05, 0.1) is 13.7 Å². The van der Waals surface area contributed by atoms with E-state index in [-0.39, 0.29) is 5.91 Å². The summed E-state index contributed by atoms with van der Waals surface area (Å²) in [7, 11) is 1.48. The molecule has 24 heavy (non-hydrogen) atoms. The number of carbonyl (C=O) groups is 2. The fraction of sp³-hybridized carbons (Fsp3) is 0.250. The van der Waals surface area contributed by atoms with E-state index in [1.807, 2.05) is 24.3 Å². The first-order valence-electron chi connectivity index (χ1n) is 7.41. The molecule has 1 unspecified atom stereocenters. The van der Waals surface area contributed by atoms with Crippen LogP contribution in [0.15, 0.2) is 36.7 Å². The molecule has 3 amide bonds. The lowest BCUT2D eigenvalue weighted by Crippen LogP contribution is -2.45. The topological polar surface area (TPSA) is 96.5 Å². The third-order valence-electron chi connectivity index (χ3n) is 3.81. The van der Waals surface area contributed by atoms with Gasteiger partial charge < -0.3 is 15.0 Å². The second-order valence-electron chi connectivity index (χ2n) is 5.33. The van der Waals surface area contributed by atoms with Crippen LogP contribution in [0.2, 0.25) is 0 Å². The number of rotatable bonds is 2. The van der Waals surface area contributed by atoms with E-state index in [0.717, 1.165) is 5.56 Å². The van der Waals surface area contributed by atoms with E-state index in [1.165, 1.54) is 24.4 Å². The molecule has 0 saturated heterocycles. The maximum absolute atomic E-state index is 12.6. The van der Waals surface area contributed by atoms with Crippen molar-refractivity contribution in [3.63, 3.8) is 0 Å². The van der Waals surface area contributed by atoms with Crippen molar-refractivity contribution in [2.24, 2.45) is 0 Å². The SMILES string of the molecule is COc1cc(NC(=O)N2Cc3ccccc3NC(=O)C2C)ncn1. The van der Waals surface area contributed by atoms with Crippen LogP contribution in [0.25, 0.3) is 0 Å². The summed E-state index contributed by atoms with van der Waals surface area (Å²) >= 11 is 0. The summed E-state index contributed by atoms with van der Waals surface area (Å²) in [4.78, 5) is 34.2. The van der Waals surface area contributed by atoms with Crippen LogP contribution in [-0.2, 0) is 11.3 Å². The molecule has 2 heterocycles. The van der Waals surface area contributed by atoms with E-state index in [1.54, 1.807) is 6.92 Å². The highest BCUT2D eigenvalue weighted by Gasteiger charge is 2.30. The Morgan fingerprint density at radius 2 is 2.17 bits per heavy atom. The number of amides is 3. The van der Waals surface area contributed by atoms with E-state index in [2.05, 4.69) is 20.6 Å². The molecular formula is C16H17N5O3. The summed E-state index contributed by atoms with van der Waals surface area (Å²) in [5.74, 6) is 0.402. The van der Waals surface area contributed by atoms with Crippen molar-refractivity contribution in [2.75, 3.05) is 17.7 Å². The molecule has 0 fully saturated rings. The van der Waals surface area contributed by atoms with Gasteiger partial charge in [-0.1, -0.05) is 18.2 Å². The van der Waals surface area contributed by atoms with E-state index >= 15 is 0 Å². The third kappa shape index (κ3) is 3.12. The van der Waals surface area contributed by atoms with Gasteiger partial charge in [-0.15, -0.1) is 0 Å². The molecule has 0 bridgehead atoms. The van der Waals surface area contributed by atoms with Crippen molar-refractivity contribution in [1.29, 1.82) is 0 Å². The van der Waals surface area contributed by atoms with Crippen LogP contribution in [0.3, 0.4) is 0 Å². The second kappa shape index (κ2) is 6.53. The standard InChI is InChI=1S/C16H17N5O3/c1-10-15(22)19-12-6-4-3-5-11(12)8-21(10)16(23)20-13-7-14(24-2)18-9-17-13/h3-7,9-10H,8H2,1-2H3,(H,19,22)(H,17,18,20,23). The second-order valence-corrected chi connectivity index (χ2v) is 5.33. The Labute approximate surface area is 138 Å². The van der Waals surface area contributed by atoms with Crippen LogP contribution in [-0.4, -0.2) is 40.0 Å². The quantitative estimate of drug-likeness (QED) is 0.877. The van der Waals surface area contributed by atoms with Gasteiger partial charge in [0.15, 0.2) is 0 Å². The Morgan fingerprint density at radius 3 is 2.96 bits per heavy atom. The molecule has 0 radical (unpaired) electrons. The molecule has 8 heteroatoms. The first kappa shape index (κ1) is 15.7. The number of anilines is 2. The molecule has 1 aliphatic heterocycles. The summed E-state index contributed by atoms with van der Waals surface area (Å²) in [6.45, 7) is 1.99. The monoisotopic (exact) mass is 327 g/mol. The highest BCUT2D eigenvalue weighted by molar-refractivity contribution is 6.00. The maximum Gasteiger partial charge on any atom is 0.323 e. The third-order valence-corrected chi connectivity index (χ3v) is 3.81. The lowest BCUT2D eigenvalue weighted by molar-refractivity contribution is -0.119. The number of methoxy groups -OCH3 is 1. The molecule has 1 aromatic heterocycles. The van der Waals surface area contributed by atoms with E-state index < -0.39 is 12.1 Å². The smallest absolute Gasteiger partial charge is 0.323 e. The lowest BCUT2D eigenvalue weighted by atomic mass is 10.2. The fourth-order valence-electron chi connectivity index (χ4n) is 2.43. The summed E-state index contributed by atoms with van der Waals surface area (Å²) in [6, 6.07) is 7.86. The van der Waals surface area contributed by atoms with Crippen LogP contribution in [0.5, 0.6) is 5.88 Å². The molecule has 2 N–H and O–H groups in total. The van der Waals surface area contributed by atoms with Gasteiger partial charge >= 0.3 is 6.03 Å². The molecule has 3 rings (SSSR count). The highest BCUT2D eigenvalue weighted by atomic mass is 16.5. The zero-order valence-electron chi connectivity index (χ0n) is 13.3. The number of hydrogen-bond acceptors (Lipinski definition) is 5. The number of nitrogens with zero attached hydrogens (tertiary/aromatic N) is 3. The van der Waals surface area contributed by atoms with Crippen molar-refractivity contribution >= 4 is 23.4 Å². The van der Waals surface area contributed by atoms with E-state index in [4.69, 9.17) is 4.74 Å². The van der Waals surface area contributed by atoms with E-state index in [0.29, 0.717) is 23.9 Å². The minimum atomic E-state index is -0.624. The number of urea groups is 1. The largest absolute Gasteiger partial charge is 0.481 e. The number of benzene rings is 1. The van der Waals surface area contributed by atoms with Crippen LogP contribution in [0.4, 0.5) is 16.3 Å². The van der Waals surface area contributed by atoms with Gasteiger partial charge in [0.1, 0.15) is 18.2 Å². The van der Waals surface area contributed by atoms with Gasteiger partial charge in [-0.05, 0) is 18.6 Å². The predicted molar refractivity (Wildman–Crippen MR) is 87.7 cm³/mol. The minimum Gasteiger partial charge on any atom is -0.481 e. The van der Waals surface area contributed by atoms with Crippen LogP contribution in [0.1, 0.15) is 12.5 Å². The maximum atomic E-state index is 12.6. The molecule has 8 nitrogen and oxygen atoms in total. The average Bonchev–Trinajstić information content (AvgIpc) is 2.72. The average molecular weight is 327 g/mol. The first-order valence-corrected chi connectivity index (χ1v) is 7.41. The van der Waals surface area contributed by atoms with Crippen LogP contribution >= 0.6 is 0 Å². The summed E-state index contributed by atoms with van der Waals surface area (Å²) in [6.07, 6.45) is 1.29. The molecule has 0 spiro atoms. The normalized spacial score (nSPS) is 16.7. The molecule has 1 aliphatic rings. The van der Waals surface area contributed by atoms with Crippen LogP contribution in [0, 0.1) is 0 Å². The number of hydrogen-bond donors (Lipinski definition) is 2. The number of aromatic nitrogens is 2. The van der Waals surface area contributed by atoms with E-state index in [9.17, 15) is 9.59 Å². The Bertz CT molecular complexity index is 780. The Kier molecular flexibility index (Phi) is 4.28. The lowest BCUT2D eigenvalue weighted by Gasteiger charge is -2.25. The van der Waals surface area contributed by atoms with Gasteiger partial charge in [0, 0.05) is 11.8 Å². The highest BCUT2D eigenvalue weighted by Crippen LogP contribution is 2.23. The first-order chi connectivity index (χ1) is 11.6. The van der Waals surface area contributed by atoms with Crippen molar-refractivity contribution in [3.8, 4) is 5.88 Å². The van der Waals surface area contributed by atoms with Gasteiger partial charge in [0.25, 0.3) is 0 Å². The van der Waals surface area contributed by atoms with Gasteiger partial charge in [0.2, 0.25) is 11.8 Å². The molecule has 124 valence electrons. The minimum absolute atomic E-state index is 0.240. The van der Waals surface area contributed by atoms with Crippen molar-refractivity contribution in [2.45, 2.75) is 19.5 Å². The summed E-state index contributed by atoms with van der Waals surface area (Å²) in [5.41, 5.74) is 1.58. The zero-order chi connectivity index (χ0) is 17.1. The molecule has 1 aromatic carbocycles.